The predicted molar refractivity (Wildman–Crippen MR) is 83.6 cm³/mol. The van der Waals surface area contributed by atoms with Crippen LogP contribution in [0.1, 0.15) is 29.9 Å². The molecule has 1 saturated heterocycles. The van der Waals surface area contributed by atoms with E-state index in [1.165, 1.54) is 11.1 Å². The normalized spacial score (nSPS) is 24.6. The van der Waals surface area contributed by atoms with Gasteiger partial charge < -0.3 is 24.2 Å². The van der Waals surface area contributed by atoms with Crippen LogP contribution < -0.4 is 9.47 Å². The highest BCUT2D eigenvalue weighted by Crippen LogP contribution is 2.44. The molecule has 1 N–H and O–H groups in total. The minimum Gasteiger partial charge on any atom is -0.493 e. The summed E-state index contributed by atoms with van der Waals surface area (Å²) in [7, 11) is 5.40. The average Bonchev–Trinajstić information content (AvgIpc) is 2.53. The van der Waals surface area contributed by atoms with Crippen LogP contribution in [0.3, 0.4) is 0 Å². The number of hydrogen-bond donors (Lipinski definition) is 1. The van der Waals surface area contributed by atoms with E-state index in [2.05, 4.69) is 11.9 Å². The third kappa shape index (κ3) is 2.69. The lowest BCUT2D eigenvalue weighted by molar-refractivity contribution is -0.0864. The van der Waals surface area contributed by atoms with Gasteiger partial charge in [-0.2, -0.15) is 0 Å². The Labute approximate surface area is 131 Å². The van der Waals surface area contributed by atoms with Gasteiger partial charge in [0, 0.05) is 45.1 Å². The minimum absolute atomic E-state index is 0.0740. The second kappa shape index (κ2) is 6.07. The van der Waals surface area contributed by atoms with Crippen LogP contribution in [0.4, 0.5) is 0 Å². The Balaban J connectivity index is 2.04. The Kier molecular flexibility index (Phi) is 4.30. The van der Waals surface area contributed by atoms with Crippen molar-refractivity contribution < 1.29 is 19.3 Å². The molecule has 122 valence electrons. The van der Waals surface area contributed by atoms with Crippen LogP contribution in [0.5, 0.6) is 11.5 Å². The lowest BCUT2D eigenvalue weighted by Gasteiger charge is -2.44. The zero-order valence-electron chi connectivity index (χ0n) is 13.6. The first-order chi connectivity index (χ1) is 10.6. The van der Waals surface area contributed by atoms with E-state index < -0.39 is 5.60 Å². The van der Waals surface area contributed by atoms with E-state index in [1.54, 1.807) is 14.2 Å². The van der Waals surface area contributed by atoms with E-state index in [0.717, 1.165) is 24.6 Å². The van der Waals surface area contributed by atoms with Crippen LogP contribution in [-0.2, 0) is 11.3 Å². The molecule has 3 rings (SSSR count). The monoisotopic (exact) mass is 307 g/mol. The van der Waals surface area contributed by atoms with Crippen LogP contribution in [0.25, 0.3) is 0 Å². The Morgan fingerprint density at radius 2 is 1.82 bits per heavy atom. The Hall–Kier alpha value is -1.30. The summed E-state index contributed by atoms with van der Waals surface area (Å²) in [6.07, 6.45) is 1.36. The molecule has 0 spiro atoms. The molecule has 0 radical (unpaired) electrons. The molecular formula is C17H25NO4. The second-order valence-electron chi connectivity index (χ2n) is 6.37. The summed E-state index contributed by atoms with van der Waals surface area (Å²) >= 11 is 0. The van der Waals surface area contributed by atoms with Crippen molar-refractivity contribution in [3.63, 3.8) is 0 Å². The van der Waals surface area contributed by atoms with Crippen molar-refractivity contribution in [3.05, 3.63) is 23.3 Å². The number of benzene rings is 1. The van der Waals surface area contributed by atoms with Gasteiger partial charge >= 0.3 is 0 Å². The standard InChI is InChI=1S/C17H25NO4/c1-18-10-12-8-15(20-2)16(21-3)9-13(12)14(11-18)17(19)4-6-22-7-5-17/h8-9,14,19H,4-7,10-11H2,1-3H3. The van der Waals surface area contributed by atoms with Crippen LogP contribution in [0.2, 0.25) is 0 Å². The zero-order valence-corrected chi connectivity index (χ0v) is 13.6. The van der Waals surface area contributed by atoms with E-state index in [1.807, 2.05) is 12.1 Å². The van der Waals surface area contributed by atoms with Gasteiger partial charge in [-0.3, -0.25) is 0 Å². The molecule has 5 nitrogen and oxygen atoms in total. The highest BCUT2D eigenvalue weighted by atomic mass is 16.5. The molecule has 1 unspecified atom stereocenters. The second-order valence-corrected chi connectivity index (χ2v) is 6.37. The van der Waals surface area contributed by atoms with Gasteiger partial charge in [-0.15, -0.1) is 0 Å². The van der Waals surface area contributed by atoms with E-state index in [9.17, 15) is 5.11 Å². The minimum atomic E-state index is -0.707. The molecule has 1 aromatic rings. The summed E-state index contributed by atoms with van der Waals surface area (Å²) in [4.78, 5) is 2.26. The molecular weight excluding hydrogens is 282 g/mol. The van der Waals surface area contributed by atoms with Gasteiger partial charge in [0.25, 0.3) is 0 Å². The maximum Gasteiger partial charge on any atom is 0.161 e. The zero-order chi connectivity index (χ0) is 15.7. The summed E-state index contributed by atoms with van der Waals surface area (Å²) < 4.78 is 16.3. The van der Waals surface area contributed by atoms with Crippen molar-refractivity contribution in [2.75, 3.05) is 41.0 Å². The van der Waals surface area contributed by atoms with Gasteiger partial charge in [-0.05, 0) is 30.3 Å². The Morgan fingerprint density at radius 3 is 2.45 bits per heavy atom. The molecule has 0 bridgehead atoms. The Bertz CT molecular complexity index is 540. The van der Waals surface area contributed by atoms with Crippen molar-refractivity contribution in [1.29, 1.82) is 0 Å². The van der Waals surface area contributed by atoms with Crippen molar-refractivity contribution in [1.82, 2.24) is 4.90 Å². The van der Waals surface area contributed by atoms with E-state index in [-0.39, 0.29) is 5.92 Å². The average molecular weight is 307 g/mol. The predicted octanol–water partition coefficient (Wildman–Crippen LogP) is 1.77. The van der Waals surface area contributed by atoms with Crippen LogP contribution >= 0.6 is 0 Å². The molecule has 0 aromatic heterocycles. The summed E-state index contributed by atoms with van der Waals surface area (Å²) in [5, 5.41) is 11.2. The van der Waals surface area contributed by atoms with E-state index in [0.29, 0.717) is 26.1 Å². The van der Waals surface area contributed by atoms with E-state index >= 15 is 0 Å². The number of ether oxygens (including phenoxy) is 3. The van der Waals surface area contributed by atoms with Gasteiger partial charge in [-0.25, -0.2) is 0 Å². The molecule has 2 heterocycles. The number of nitrogens with zero attached hydrogens (tertiary/aromatic N) is 1. The molecule has 0 saturated carbocycles. The summed E-state index contributed by atoms with van der Waals surface area (Å²) in [6.45, 7) is 2.95. The number of rotatable bonds is 3. The lowest BCUT2D eigenvalue weighted by atomic mass is 9.73. The highest BCUT2D eigenvalue weighted by Gasteiger charge is 2.42. The number of likely N-dealkylation sites (N-methyl/N-ethyl adjacent to an activating group) is 1. The van der Waals surface area contributed by atoms with Crippen molar-refractivity contribution in [2.24, 2.45) is 0 Å². The largest absolute Gasteiger partial charge is 0.493 e. The number of methoxy groups -OCH3 is 2. The lowest BCUT2D eigenvalue weighted by Crippen LogP contribution is -2.48. The SMILES string of the molecule is COc1cc2c(cc1OC)C(C1(O)CCOCC1)CN(C)C2. The first-order valence-electron chi connectivity index (χ1n) is 7.81. The smallest absolute Gasteiger partial charge is 0.161 e. The number of aliphatic hydroxyl groups is 1. The number of hydrogen-bond acceptors (Lipinski definition) is 5. The quantitative estimate of drug-likeness (QED) is 0.922. The Morgan fingerprint density at radius 1 is 1.18 bits per heavy atom. The van der Waals surface area contributed by atoms with Crippen LogP contribution in [0, 0.1) is 0 Å². The molecule has 0 aliphatic carbocycles. The van der Waals surface area contributed by atoms with Gasteiger partial charge in [0.2, 0.25) is 0 Å². The van der Waals surface area contributed by atoms with E-state index in [4.69, 9.17) is 14.2 Å². The molecule has 2 aliphatic rings. The van der Waals surface area contributed by atoms with Gasteiger partial charge in [0.15, 0.2) is 11.5 Å². The first-order valence-corrected chi connectivity index (χ1v) is 7.81. The fourth-order valence-electron chi connectivity index (χ4n) is 3.70. The summed E-state index contributed by atoms with van der Waals surface area (Å²) in [5.41, 5.74) is 1.68. The third-order valence-corrected chi connectivity index (χ3v) is 4.96. The fourth-order valence-corrected chi connectivity index (χ4v) is 3.70. The van der Waals surface area contributed by atoms with Crippen molar-refractivity contribution >= 4 is 0 Å². The maximum atomic E-state index is 11.2. The van der Waals surface area contributed by atoms with Crippen LogP contribution in [-0.4, -0.2) is 56.6 Å². The molecule has 0 amide bonds. The fraction of sp³-hybridized carbons (Fsp3) is 0.647. The third-order valence-electron chi connectivity index (χ3n) is 4.96. The maximum absolute atomic E-state index is 11.2. The molecule has 1 fully saturated rings. The topological polar surface area (TPSA) is 51.2 Å². The highest BCUT2D eigenvalue weighted by molar-refractivity contribution is 5.50. The van der Waals surface area contributed by atoms with Gasteiger partial charge in [0.05, 0.1) is 19.8 Å². The summed E-state index contributed by atoms with van der Waals surface area (Å²) in [6, 6.07) is 4.08. The molecule has 5 heteroatoms. The van der Waals surface area contributed by atoms with Crippen molar-refractivity contribution in [3.8, 4) is 11.5 Å². The van der Waals surface area contributed by atoms with Crippen molar-refractivity contribution in [2.45, 2.75) is 30.9 Å². The molecule has 22 heavy (non-hydrogen) atoms. The molecule has 1 aromatic carbocycles. The number of fused-ring (bicyclic) bond motifs is 1. The molecule has 1 atom stereocenters. The van der Waals surface area contributed by atoms with Gasteiger partial charge in [-0.1, -0.05) is 0 Å². The van der Waals surface area contributed by atoms with Gasteiger partial charge in [0.1, 0.15) is 0 Å². The van der Waals surface area contributed by atoms with Crippen LogP contribution in [0.15, 0.2) is 12.1 Å². The first kappa shape index (κ1) is 15.6. The summed E-state index contributed by atoms with van der Waals surface area (Å²) in [5.74, 6) is 1.55. The molecule has 2 aliphatic heterocycles.